The van der Waals surface area contributed by atoms with Gasteiger partial charge in [0, 0.05) is 29.8 Å². The first-order valence-electron chi connectivity index (χ1n) is 7.47. The molecule has 0 aromatic heterocycles. The maximum Gasteiger partial charge on any atom is 0.573 e. The normalized spacial score (nSPS) is 17.9. The van der Waals surface area contributed by atoms with E-state index in [0.29, 0.717) is 0 Å². The van der Waals surface area contributed by atoms with Crippen LogP contribution >= 0.6 is 11.8 Å². The molecule has 8 heteroatoms. The van der Waals surface area contributed by atoms with Crippen LogP contribution in [-0.2, 0) is 4.74 Å². The van der Waals surface area contributed by atoms with Gasteiger partial charge in [-0.15, -0.1) is 24.9 Å². The number of hydrogen-bond donors (Lipinski definition) is 1. The third-order valence-electron chi connectivity index (χ3n) is 3.44. The molecule has 4 nitrogen and oxygen atoms in total. The summed E-state index contributed by atoms with van der Waals surface area (Å²) in [6.45, 7) is 4.39. The second-order valence-electron chi connectivity index (χ2n) is 5.33. The Morgan fingerprint density at radius 1 is 1.22 bits per heavy atom. The molecule has 130 valence electrons. The van der Waals surface area contributed by atoms with Crippen molar-refractivity contribution in [1.29, 1.82) is 0 Å². The van der Waals surface area contributed by atoms with Gasteiger partial charge in [0.25, 0.3) is 0 Å². The fraction of sp³-hybridized carbons (Fsp3) is 0.600. The highest BCUT2D eigenvalue weighted by Gasteiger charge is 2.30. The Hall–Kier alpha value is -0.960. The number of nitrogens with two attached hydrogens (primary N) is 1. The minimum Gasteiger partial charge on any atom is -0.406 e. The predicted octanol–water partition coefficient (Wildman–Crippen LogP) is 2.73. The minimum absolute atomic E-state index is 0.0500. The molecule has 1 atom stereocenters. The predicted molar refractivity (Wildman–Crippen MR) is 83.7 cm³/mol. The van der Waals surface area contributed by atoms with Gasteiger partial charge in [-0.05, 0) is 37.2 Å². The first-order chi connectivity index (χ1) is 10.9. The van der Waals surface area contributed by atoms with Crippen LogP contribution in [0.3, 0.4) is 0 Å². The molecule has 1 aliphatic rings. The van der Waals surface area contributed by atoms with Gasteiger partial charge < -0.3 is 15.2 Å². The summed E-state index contributed by atoms with van der Waals surface area (Å²) < 4.78 is 45.4. The average Bonchev–Trinajstić information content (AvgIpc) is 2.52. The van der Waals surface area contributed by atoms with E-state index < -0.39 is 6.36 Å². The van der Waals surface area contributed by atoms with E-state index in [9.17, 15) is 13.2 Å². The molecule has 2 N–H and O–H groups in total. The topological polar surface area (TPSA) is 47.7 Å². The number of thioether (sulfide) groups is 1. The van der Waals surface area contributed by atoms with Crippen LogP contribution in [0.4, 0.5) is 13.2 Å². The van der Waals surface area contributed by atoms with Gasteiger partial charge >= 0.3 is 6.36 Å². The highest BCUT2D eigenvalue weighted by molar-refractivity contribution is 7.99. The van der Waals surface area contributed by atoms with Gasteiger partial charge in [-0.25, -0.2) is 0 Å². The van der Waals surface area contributed by atoms with Gasteiger partial charge in [0.05, 0.1) is 13.2 Å². The smallest absolute Gasteiger partial charge is 0.406 e. The van der Waals surface area contributed by atoms with E-state index in [4.69, 9.17) is 10.5 Å². The molecule has 0 bridgehead atoms. The zero-order chi connectivity index (χ0) is 16.7. The third kappa shape index (κ3) is 7.43. The summed E-state index contributed by atoms with van der Waals surface area (Å²) in [5.74, 6) is 0.516. The number of alkyl halides is 3. The third-order valence-corrected chi connectivity index (χ3v) is 4.64. The number of rotatable bonds is 7. The molecule has 1 aromatic carbocycles. The maximum atomic E-state index is 12.1. The highest BCUT2D eigenvalue weighted by atomic mass is 32.2. The molecule has 0 aliphatic carbocycles. The van der Waals surface area contributed by atoms with Crippen molar-refractivity contribution in [3.05, 3.63) is 24.3 Å². The van der Waals surface area contributed by atoms with Crippen molar-refractivity contribution in [2.24, 2.45) is 5.73 Å². The Kier molecular flexibility index (Phi) is 7.01. The second kappa shape index (κ2) is 8.77. The number of halogens is 3. The Morgan fingerprint density at radius 2 is 1.87 bits per heavy atom. The molecule has 0 radical (unpaired) electrons. The van der Waals surface area contributed by atoms with E-state index in [1.165, 1.54) is 23.9 Å². The van der Waals surface area contributed by atoms with Crippen LogP contribution in [0.15, 0.2) is 29.2 Å². The van der Waals surface area contributed by atoms with Crippen molar-refractivity contribution in [3.63, 3.8) is 0 Å². The summed E-state index contributed by atoms with van der Waals surface area (Å²) in [6.07, 6.45) is -3.77. The monoisotopic (exact) mass is 350 g/mol. The van der Waals surface area contributed by atoms with Crippen LogP contribution in [-0.4, -0.2) is 55.9 Å². The van der Waals surface area contributed by atoms with Crippen LogP contribution < -0.4 is 10.5 Å². The van der Waals surface area contributed by atoms with Gasteiger partial charge in [-0.1, -0.05) is 0 Å². The zero-order valence-corrected chi connectivity index (χ0v) is 13.5. The summed E-state index contributed by atoms with van der Waals surface area (Å²) in [4.78, 5) is 3.21. The minimum atomic E-state index is -4.66. The molecule has 2 rings (SSSR count). The van der Waals surface area contributed by atoms with E-state index in [-0.39, 0.29) is 11.8 Å². The van der Waals surface area contributed by atoms with Crippen LogP contribution in [0.25, 0.3) is 0 Å². The summed E-state index contributed by atoms with van der Waals surface area (Å²) in [6, 6.07) is 5.90. The van der Waals surface area contributed by atoms with Gasteiger partial charge in [0.2, 0.25) is 0 Å². The lowest BCUT2D eigenvalue weighted by Gasteiger charge is -2.27. The number of ether oxygens (including phenoxy) is 2. The molecule has 0 unspecified atom stereocenters. The molecule has 1 saturated heterocycles. The molecule has 0 saturated carbocycles. The van der Waals surface area contributed by atoms with Crippen LogP contribution in [0.2, 0.25) is 0 Å². The van der Waals surface area contributed by atoms with Gasteiger partial charge in [-0.2, -0.15) is 0 Å². The van der Waals surface area contributed by atoms with E-state index in [0.717, 1.165) is 49.9 Å². The maximum absolute atomic E-state index is 12.1. The van der Waals surface area contributed by atoms with Crippen molar-refractivity contribution in [3.8, 4) is 5.75 Å². The molecule has 1 aliphatic heterocycles. The number of benzene rings is 1. The van der Waals surface area contributed by atoms with Gasteiger partial charge in [0.1, 0.15) is 5.75 Å². The summed E-state index contributed by atoms with van der Waals surface area (Å²) in [5.41, 5.74) is 6.10. The Balaban J connectivity index is 1.68. The van der Waals surface area contributed by atoms with E-state index in [2.05, 4.69) is 9.64 Å². The molecule has 23 heavy (non-hydrogen) atoms. The summed E-state index contributed by atoms with van der Waals surface area (Å²) in [7, 11) is 0. The second-order valence-corrected chi connectivity index (χ2v) is 6.43. The standard InChI is InChI=1S/C15H21F3N2O2S/c16-15(17,18)22-13-1-3-14(4-2-13)23-11-12(19)5-6-20-7-9-21-10-8-20/h1-4,12H,5-11,19H2/t12-/m1/s1. The molecule has 1 fully saturated rings. The average molecular weight is 350 g/mol. The molecule has 1 heterocycles. The van der Waals surface area contributed by atoms with Crippen molar-refractivity contribution in [2.45, 2.75) is 23.7 Å². The first kappa shape index (κ1) is 18.4. The van der Waals surface area contributed by atoms with Crippen molar-refractivity contribution >= 4 is 11.8 Å². The molecular weight excluding hydrogens is 329 g/mol. The molecule has 1 aromatic rings. The number of nitrogens with zero attached hydrogens (tertiary/aromatic N) is 1. The van der Waals surface area contributed by atoms with Crippen molar-refractivity contribution in [1.82, 2.24) is 4.90 Å². The lowest BCUT2D eigenvalue weighted by Crippen LogP contribution is -2.39. The molecular formula is C15H21F3N2O2S. The largest absolute Gasteiger partial charge is 0.573 e. The lowest BCUT2D eigenvalue weighted by molar-refractivity contribution is -0.274. The zero-order valence-electron chi connectivity index (χ0n) is 12.7. The van der Waals surface area contributed by atoms with Crippen LogP contribution in [0, 0.1) is 0 Å². The van der Waals surface area contributed by atoms with Crippen LogP contribution in [0.1, 0.15) is 6.42 Å². The molecule has 0 amide bonds. The number of hydrogen-bond acceptors (Lipinski definition) is 5. The quantitative estimate of drug-likeness (QED) is 0.766. The van der Waals surface area contributed by atoms with Crippen molar-refractivity contribution < 1.29 is 22.6 Å². The SMILES string of the molecule is N[C@H](CCN1CCOCC1)CSc1ccc(OC(F)(F)F)cc1. The first-order valence-corrected chi connectivity index (χ1v) is 8.45. The van der Waals surface area contributed by atoms with E-state index in [1.807, 2.05) is 0 Å². The van der Waals surface area contributed by atoms with Gasteiger partial charge in [-0.3, -0.25) is 4.90 Å². The van der Waals surface area contributed by atoms with Crippen molar-refractivity contribution in [2.75, 3.05) is 38.6 Å². The fourth-order valence-electron chi connectivity index (χ4n) is 2.20. The highest BCUT2D eigenvalue weighted by Crippen LogP contribution is 2.26. The van der Waals surface area contributed by atoms with E-state index in [1.54, 1.807) is 12.1 Å². The van der Waals surface area contributed by atoms with Gasteiger partial charge in [0.15, 0.2) is 0 Å². The Morgan fingerprint density at radius 3 is 2.48 bits per heavy atom. The summed E-state index contributed by atoms with van der Waals surface area (Å²) >= 11 is 1.54. The van der Waals surface area contributed by atoms with Crippen LogP contribution in [0.5, 0.6) is 5.75 Å². The van der Waals surface area contributed by atoms with E-state index >= 15 is 0 Å². The molecule has 0 spiro atoms. The fourth-order valence-corrected chi connectivity index (χ4v) is 3.10. The Bertz CT molecular complexity index is 465. The number of morpholine rings is 1. The summed E-state index contributed by atoms with van der Waals surface area (Å²) in [5, 5.41) is 0. The Labute approximate surface area is 138 Å². The lowest BCUT2D eigenvalue weighted by atomic mass is 10.2.